The van der Waals surface area contributed by atoms with Crippen molar-refractivity contribution < 1.29 is 4.74 Å². The summed E-state index contributed by atoms with van der Waals surface area (Å²) >= 11 is 0. The highest BCUT2D eigenvalue weighted by Gasteiger charge is 2.10. The number of nitrogens with zero attached hydrogens (tertiary/aromatic N) is 2. The molecule has 4 nitrogen and oxygen atoms in total. The van der Waals surface area contributed by atoms with E-state index < -0.39 is 0 Å². The number of anilines is 1. The molecule has 1 aromatic carbocycles. The van der Waals surface area contributed by atoms with Crippen molar-refractivity contribution in [3.05, 3.63) is 29.3 Å². The van der Waals surface area contributed by atoms with Crippen molar-refractivity contribution in [1.82, 2.24) is 5.32 Å². The summed E-state index contributed by atoms with van der Waals surface area (Å²) in [6.07, 6.45) is 0. The average Bonchev–Trinajstić information content (AvgIpc) is 2.46. The van der Waals surface area contributed by atoms with E-state index in [1.54, 1.807) is 7.11 Å². The zero-order chi connectivity index (χ0) is 14.1. The summed E-state index contributed by atoms with van der Waals surface area (Å²) in [6, 6.07) is 8.37. The fourth-order valence-electron chi connectivity index (χ4n) is 1.98. The van der Waals surface area contributed by atoms with E-state index in [0.29, 0.717) is 6.61 Å². The van der Waals surface area contributed by atoms with Gasteiger partial charge in [-0.25, -0.2) is 0 Å². The second-order valence-corrected chi connectivity index (χ2v) is 4.32. The molecule has 1 N–H and O–H groups in total. The van der Waals surface area contributed by atoms with Crippen LogP contribution in [0.25, 0.3) is 0 Å². The van der Waals surface area contributed by atoms with Crippen LogP contribution in [0.4, 0.5) is 5.69 Å². The average molecular weight is 261 g/mol. The lowest BCUT2D eigenvalue weighted by Crippen LogP contribution is -2.27. The quantitative estimate of drug-likeness (QED) is 0.779. The van der Waals surface area contributed by atoms with Gasteiger partial charge in [-0.05, 0) is 31.2 Å². The molecule has 0 aliphatic carbocycles. The predicted molar refractivity (Wildman–Crippen MR) is 78.3 cm³/mol. The van der Waals surface area contributed by atoms with Crippen LogP contribution in [0.2, 0.25) is 0 Å². The van der Waals surface area contributed by atoms with E-state index in [1.807, 2.05) is 12.1 Å². The molecule has 0 unspecified atom stereocenters. The SMILES string of the molecule is CCNCc1ccc(N(CC)CCOC)c(C#N)c1. The lowest BCUT2D eigenvalue weighted by molar-refractivity contribution is 0.205. The largest absolute Gasteiger partial charge is 0.383 e. The molecule has 0 radical (unpaired) electrons. The Morgan fingerprint density at radius 3 is 2.74 bits per heavy atom. The lowest BCUT2D eigenvalue weighted by atomic mass is 10.1. The summed E-state index contributed by atoms with van der Waals surface area (Å²) in [5.74, 6) is 0. The number of hydrogen-bond acceptors (Lipinski definition) is 4. The van der Waals surface area contributed by atoms with Crippen LogP contribution < -0.4 is 10.2 Å². The van der Waals surface area contributed by atoms with Crippen LogP contribution in [0.5, 0.6) is 0 Å². The van der Waals surface area contributed by atoms with Gasteiger partial charge in [0, 0.05) is 26.7 Å². The van der Waals surface area contributed by atoms with Gasteiger partial charge in [0.15, 0.2) is 0 Å². The van der Waals surface area contributed by atoms with Gasteiger partial charge in [-0.3, -0.25) is 0 Å². The van der Waals surface area contributed by atoms with Crippen molar-refractivity contribution in [2.24, 2.45) is 0 Å². The first-order chi connectivity index (χ1) is 9.26. The van der Waals surface area contributed by atoms with E-state index in [1.165, 1.54) is 0 Å². The van der Waals surface area contributed by atoms with Gasteiger partial charge in [-0.1, -0.05) is 13.0 Å². The number of benzene rings is 1. The standard InChI is InChI=1S/C15H23N3O/c1-4-17-12-13-6-7-15(14(10-13)11-16)18(5-2)8-9-19-3/h6-7,10,17H,4-5,8-9,12H2,1-3H3. The lowest BCUT2D eigenvalue weighted by Gasteiger charge is -2.24. The van der Waals surface area contributed by atoms with E-state index in [9.17, 15) is 5.26 Å². The Bertz CT molecular complexity index is 426. The third-order valence-corrected chi connectivity index (χ3v) is 3.05. The summed E-state index contributed by atoms with van der Waals surface area (Å²) < 4.78 is 5.11. The molecular formula is C15H23N3O. The molecule has 19 heavy (non-hydrogen) atoms. The minimum absolute atomic E-state index is 0.665. The molecule has 0 heterocycles. The Hall–Kier alpha value is -1.57. The number of likely N-dealkylation sites (N-methyl/N-ethyl adjacent to an activating group) is 1. The zero-order valence-electron chi connectivity index (χ0n) is 12.1. The Morgan fingerprint density at radius 1 is 1.37 bits per heavy atom. The van der Waals surface area contributed by atoms with Crippen molar-refractivity contribution >= 4 is 5.69 Å². The summed E-state index contributed by atoms with van der Waals surface area (Å²) in [7, 11) is 1.69. The third-order valence-electron chi connectivity index (χ3n) is 3.05. The Kier molecular flexibility index (Phi) is 6.94. The van der Waals surface area contributed by atoms with E-state index in [4.69, 9.17) is 4.74 Å². The number of nitriles is 1. The van der Waals surface area contributed by atoms with Gasteiger partial charge in [-0.15, -0.1) is 0 Å². The molecule has 0 aromatic heterocycles. The molecule has 1 aromatic rings. The van der Waals surface area contributed by atoms with Crippen LogP contribution in [0.15, 0.2) is 18.2 Å². The van der Waals surface area contributed by atoms with Crippen LogP contribution in [0, 0.1) is 11.3 Å². The molecule has 0 fully saturated rings. The van der Waals surface area contributed by atoms with Crippen LogP contribution in [-0.2, 0) is 11.3 Å². The van der Waals surface area contributed by atoms with Gasteiger partial charge in [0.1, 0.15) is 6.07 Å². The number of ether oxygens (including phenoxy) is 1. The van der Waals surface area contributed by atoms with Crippen LogP contribution >= 0.6 is 0 Å². The molecule has 0 amide bonds. The van der Waals surface area contributed by atoms with Gasteiger partial charge in [0.2, 0.25) is 0 Å². The highest BCUT2D eigenvalue weighted by atomic mass is 16.5. The Morgan fingerprint density at radius 2 is 2.16 bits per heavy atom. The van der Waals surface area contributed by atoms with Crippen molar-refractivity contribution in [3.8, 4) is 6.07 Å². The molecule has 4 heteroatoms. The number of hydrogen-bond donors (Lipinski definition) is 1. The maximum Gasteiger partial charge on any atom is 0.101 e. The molecule has 0 atom stereocenters. The van der Waals surface area contributed by atoms with Crippen LogP contribution in [-0.4, -0.2) is 33.4 Å². The number of rotatable bonds is 8. The molecule has 104 valence electrons. The van der Waals surface area contributed by atoms with Gasteiger partial charge >= 0.3 is 0 Å². The van der Waals surface area contributed by atoms with Crippen LogP contribution in [0.1, 0.15) is 25.0 Å². The minimum Gasteiger partial charge on any atom is -0.383 e. The number of methoxy groups -OCH3 is 1. The topological polar surface area (TPSA) is 48.3 Å². The molecular weight excluding hydrogens is 238 g/mol. The molecule has 0 bridgehead atoms. The predicted octanol–water partition coefficient (Wildman–Crippen LogP) is 2.14. The van der Waals surface area contributed by atoms with Crippen LogP contribution in [0.3, 0.4) is 0 Å². The first kappa shape index (κ1) is 15.5. The fourth-order valence-corrected chi connectivity index (χ4v) is 1.98. The summed E-state index contributed by atoms with van der Waals surface area (Å²) in [6.45, 7) is 8.22. The maximum absolute atomic E-state index is 9.31. The van der Waals surface area contributed by atoms with E-state index in [0.717, 1.165) is 43.0 Å². The monoisotopic (exact) mass is 261 g/mol. The van der Waals surface area contributed by atoms with Gasteiger partial charge in [0.05, 0.1) is 17.9 Å². The smallest absolute Gasteiger partial charge is 0.101 e. The highest BCUT2D eigenvalue weighted by molar-refractivity contribution is 5.60. The van der Waals surface area contributed by atoms with Crippen molar-refractivity contribution in [2.45, 2.75) is 20.4 Å². The van der Waals surface area contributed by atoms with Crippen molar-refractivity contribution in [3.63, 3.8) is 0 Å². The second-order valence-electron chi connectivity index (χ2n) is 4.32. The maximum atomic E-state index is 9.31. The molecule has 1 rings (SSSR count). The fraction of sp³-hybridized carbons (Fsp3) is 0.533. The van der Waals surface area contributed by atoms with Gasteiger partial charge in [0.25, 0.3) is 0 Å². The van der Waals surface area contributed by atoms with Crippen molar-refractivity contribution in [1.29, 1.82) is 5.26 Å². The normalized spacial score (nSPS) is 10.2. The Labute approximate surface area is 116 Å². The summed E-state index contributed by atoms with van der Waals surface area (Å²) in [5, 5.41) is 12.6. The summed E-state index contributed by atoms with van der Waals surface area (Å²) in [4.78, 5) is 2.17. The van der Waals surface area contributed by atoms with Gasteiger partial charge in [-0.2, -0.15) is 5.26 Å². The van der Waals surface area contributed by atoms with Gasteiger partial charge < -0.3 is 15.0 Å². The Balaban J connectivity index is 2.90. The van der Waals surface area contributed by atoms with E-state index >= 15 is 0 Å². The van der Waals surface area contributed by atoms with Crippen molar-refractivity contribution in [2.75, 3.05) is 38.3 Å². The minimum atomic E-state index is 0.665. The molecule has 0 saturated heterocycles. The molecule has 0 aliphatic heterocycles. The first-order valence-electron chi connectivity index (χ1n) is 6.74. The molecule has 0 spiro atoms. The molecule has 0 saturated carbocycles. The molecule has 0 aliphatic rings. The zero-order valence-corrected chi connectivity index (χ0v) is 12.1. The van der Waals surface area contributed by atoms with E-state index in [-0.39, 0.29) is 0 Å². The summed E-state index contributed by atoms with van der Waals surface area (Å²) in [5.41, 5.74) is 2.86. The van der Waals surface area contributed by atoms with E-state index in [2.05, 4.69) is 36.2 Å². The first-order valence-corrected chi connectivity index (χ1v) is 6.74. The third kappa shape index (κ3) is 4.55. The number of nitrogens with one attached hydrogen (secondary N) is 1. The second kappa shape index (κ2) is 8.52. The highest BCUT2D eigenvalue weighted by Crippen LogP contribution is 2.21.